The van der Waals surface area contributed by atoms with Crippen molar-refractivity contribution in [2.45, 2.75) is 50.5 Å². The Labute approximate surface area is 118 Å². The van der Waals surface area contributed by atoms with Crippen molar-refractivity contribution < 1.29 is 12.9 Å². The predicted octanol–water partition coefficient (Wildman–Crippen LogP) is 2.46. The van der Waals surface area contributed by atoms with Crippen LogP contribution in [-0.2, 0) is 10.0 Å². The summed E-state index contributed by atoms with van der Waals surface area (Å²) in [6.45, 7) is 3.75. The molecule has 1 heterocycles. The van der Waals surface area contributed by atoms with Crippen LogP contribution in [-0.4, -0.2) is 36.3 Å². The summed E-state index contributed by atoms with van der Waals surface area (Å²) < 4.78 is 32.1. The Hall–Kier alpha value is -0.590. The molecule has 0 N–H and O–H groups in total. The second-order valence-electron chi connectivity index (χ2n) is 4.90. The van der Waals surface area contributed by atoms with Gasteiger partial charge in [-0.25, -0.2) is 8.42 Å². The largest absolute Gasteiger partial charge is 0.360 e. The quantitative estimate of drug-likeness (QED) is 0.757. The molecule has 1 saturated carbocycles. The molecule has 0 spiro atoms. The van der Waals surface area contributed by atoms with Gasteiger partial charge in [-0.1, -0.05) is 11.6 Å². The molecule has 0 aliphatic heterocycles. The number of hydrogen-bond acceptors (Lipinski definition) is 4. The fourth-order valence-electron chi connectivity index (χ4n) is 2.35. The van der Waals surface area contributed by atoms with E-state index in [9.17, 15) is 8.42 Å². The summed E-state index contributed by atoms with van der Waals surface area (Å²) in [4.78, 5) is 0.217. The van der Waals surface area contributed by atoms with Crippen LogP contribution in [0.1, 0.15) is 37.1 Å². The molecule has 0 unspecified atom stereocenters. The van der Waals surface area contributed by atoms with Gasteiger partial charge in [-0.05, 0) is 33.1 Å². The molecule has 108 valence electrons. The average Bonchev–Trinajstić information content (AvgIpc) is 2.61. The van der Waals surface area contributed by atoms with E-state index in [0.717, 1.165) is 19.3 Å². The molecule has 19 heavy (non-hydrogen) atoms. The standard InChI is InChI=1S/C12H19ClN2O3S/c1-9-12(10(2)18-14-9)19(16,17)15(8-4-7-13)11-5-3-6-11/h11H,3-8H2,1-2H3. The van der Waals surface area contributed by atoms with Gasteiger partial charge in [0.2, 0.25) is 10.0 Å². The summed E-state index contributed by atoms with van der Waals surface area (Å²) in [7, 11) is -3.53. The first kappa shape index (κ1) is 14.8. The van der Waals surface area contributed by atoms with Gasteiger partial charge >= 0.3 is 0 Å². The van der Waals surface area contributed by atoms with E-state index >= 15 is 0 Å². The second-order valence-corrected chi connectivity index (χ2v) is 7.10. The third-order valence-electron chi connectivity index (χ3n) is 3.53. The van der Waals surface area contributed by atoms with Crippen LogP contribution in [0.2, 0.25) is 0 Å². The topological polar surface area (TPSA) is 63.4 Å². The average molecular weight is 307 g/mol. The minimum atomic E-state index is -3.53. The fraction of sp³-hybridized carbons (Fsp3) is 0.750. The van der Waals surface area contributed by atoms with E-state index in [-0.39, 0.29) is 10.9 Å². The van der Waals surface area contributed by atoms with Crippen LogP contribution >= 0.6 is 11.6 Å². The molecule has 1 aromatic heterocycles. The van der Waals surface area contributed by atoms with Crippen molar-refractivity contribution in [2.24, 2.45) is 0 Å². The second kappa shape index (κ2) is 5.81. The number of aromatic nitrogens is 1. The summed E-state index contributed by atoms with van der Waals surface area (Å²) in [6, 6.07) is 0.0990. The number of rotatable bonds is 6. The van der Waals surface area contributed by atoms with Crippen molar-refractivity contribution in [2.75, 3.05) is 12.4 Å². The number of hydrogen-bond donors (Lipinski definition) is 0. The van der Waals surface area contributed by atoms with Crippen LogP contribution in [0.3, 0.4) is 0 Å². The lowest BCUT2D eigenvalue weighted by atomic mass is 9.93. The predicted molar refractivity (Wildman–Crippen MR) is 72.8 cm³/mol. The molecule has 1 aliphatic carbocycles. The van der Waals surface area contributed by atoms with Crippen LogP contribution in [0.25, 0.3) is 0 Å². The van der Waals surface area contributed by atoms with Crippen molar-refractivity contribution in [1.29, 1.82) is 0 Å². The molecule has 0 radical (unpaired) electrons. The van der Waals surface area contributed by atoms with E-state index in [1.165, 1.54) is 0 Å². The normalized spacial score (nSPS) is 16.8. The van der Waals surface area contributed by atoms with Gasteiger partial charge in [0.15, 0.2) is 5.76 Å². The van der Waals surface area contributed by atoms with E-state index in [0.29, 0.717) is 30.3 Å². The summed E-state index contributed by atoms with van der Waals surface area (Å²) in [5.41, 5.74) is 0.424. The maximum absolute atomic E-state index is 12.8. The number of halogens is 1. The number of sulfonamides is 1. The molecule has 5 nitrogen and oxygen atoms in total. The SMILES string of the molecule is Cc1noc(C)c1S(=O)(=O)N(CCCCl)C1CCC1. The zero-order valence-corrected chi connectivity index (χ0v) is 12.8. The lowest BCUT2D eigenvalue weighted by Gasteiger charge is -2.36. The van der Waals surface area contributed by atoms with E-state index in [1.54, 1.807) is 18.2 Å². The Balaban J connectivity index is 2.33. The van der Waals surface area contributed by atoms with E-state index in [4.69, 9.17) is 16.1 Å². The highest BCUT2D eigenvalue weighted by Crippen LogP contribution is 2.32. The molecule has 0 bridgehead atoms. The Morgan fingerprint density at radius 3 is 2.53 bits per heavy atom. The maximum Gasteiger partial charge on any atom is 0.248 e. The highest BCUT2D eigenvalue weighted by molar-refractivity contribution is 7.89. The first-order chi connectivity index (χ1) is 8.98. The fourth-order valence-corrected chi connectivity index (χ4v) is 4.49. The summed E-state index contributed by atoms with van der Waals surface area (Å²) in [5, 5.41) is 3.74. The summed E-state index contributed by atoms with van der Waals surface area (Å²) >= 11 is 5.70. The molecule has 1 aromatic rings. The number of nitrogens with zero attached hydrogens (tertiary/aromatic N) is 2. The third-order valence-corrected chi connectivity index (χ3v) is 5.99. The third kappa shape index (κ3) is 2.80. The van der Waals surface area contributed by atoms with Gasteiger partial charge in [0, 0.05) is 18.5 Å². The first-order valence-corrected chi connectivity index (χ1v) is 8.46. The van der Waals surface area contributed by atoms with E-state index < -0.39 is 10.0 Å². The van der Waals surface area contributed by atoms with Gasteiger partial charge in [-0.15, -0.1) is 11.6 Å². The highest BCUT2D eigenvalue weighted by Gasteiger charge is 2.37. The van der Waals surface area contributed by atoms with Gasteiger partial charge in [-0.3, -0.25) is 0 Å². The lowest BCUT2D eigenvalue weighted by molar-refractivity contribution is 0.219. The Morgan fingerprint density at radius 2 is 2.11 bits per heavy atom. The van der Waals surface area contributed by atoms with E-state index in [1.807, 2.05) is 0 Å². The Morgan fingerprint density at radius 1 is 1.42 bits per heavy atom. The van der Waals surface area contributed by atoms with E-state index in [2.05, 4.69) is 5.16 Å². The monoisotopic (exact) mass is 306 g/mol. The van der Waals surface area contributed by atoms with Crippen molar-refractivity contribution in [3.63, 3.8) is 0 Å². The van der Waals surface area contributed by atoms with Crippen LogP contribution < -0.4 is 0 Å². The van der Waals surface area contributed by atoms with Crippen LogP contribution in [0, 0.1) is 13.8 Å². The minimum absolute atomic E-state index is 0.0990. The summed E-state index contributed by atoms with van der Waals surface area (Å²) in [6.07, 6.45) is 3.58. The Bertz CT molecular complexity index is 518. The zero-order valence-electron chi connectivity index (χ0n) is 11.2. The zero-order chi connectivity index (χ0) is 14.0. The van der Waals surface area contributed by atoms with Crippen LogP contribution in [0.5, 0.6) is 0 Å². The van der Waals surface area contributed by atoms with Crippen molar-refractivity contribution in [3.05, 3.63) is 11.5 Å². The van der Waals surface area contributed by atoms with Crippen LogP contribution in [0.4, 0.5) is 0 Å². The molecular formula is C12H19ClN2O3S. The molecule has 1 fully saturated rings. The molecular weight excluding hydrogens is 288 g/mol. The van der Waals surface area contributed by atoms with Gasteiger partial charge in [0.25, 0.3) is 0 Å². The number of alkyl halides is 1. The highest BCUT2D eigenvalue weighted by atomic mass is 35.5. The molecule has 0 atom stereocenters. The Kier molecular flexibility index (Phi) is 4.53. The summed E-state index contributed by atoms with van der Waals surface area (Å²) in [5.74, 6) is 0.813. The van der Waals surface area contributed by atoms with Crippen molar-refractivity contribution >= 4 is 21.6 Å². The van der Waals surface area contributed by atoms with Gasteiger partial charge < -0.3 is 4.52 Å². The first-order valence-electron chi connectivity index (χ1n) is 6.49. The molecule has 0 aromatic carbocycles. The van der Waals surface area contributed by atoms with Crippen molar-refractivity contribution in [1.82, 2.24) is 9.46 Å². The lowest BCUT2D eigenvalue weighted by Crippen LogP contribution is -2.45. The molecule has 0 amide bonds. The molecule has 2 rings (SSSR count). The van der Waals surface area contributed by atoms with Gasteiger partial charge in [0.05, 0.1) is 0 Å². The molecule has 0 saturated heterocycles. The smallest absolute Gasteiger partial charge is 0.248 e. The van der Waals surface area contributed by atoms with Gasteiger partial charge in [0.1, 0.15) is 10.6 Å². The minimum Gasteiger partial charge on any atom is -0.360 e. The van der Waals surface area contributed by atoms with Crippen molar-refractivity contribution in [3.8, 4) is 0 Å². The molecule has 1 aliphatic rings. The molecule has 7 heteroatoms. The van der Waals surface area contributed by atoms with Crippen LogP contribution in [0.15, 0.2) is 9.42 Å². The van der Waals surface area contributed by atoms with Gasteiger partial charge in [-0.2, -0.15) is 4.31 Å². The maximum atomic E-state index is 12.8. The number of aryl methyl sites for hydroxylation is 2.